The van der Waals surface area contributed by atoms with Crippen molar-refractivity contribution < 1.29 is 9.53 Å². The van der Waals surface area contributed by atoms with Gasteiger partial charge in [0.25, 0.3) is 5.91 Å². The second-order valence-corrected chi connectivity index (χ2v) is 9.41. The highest BCUT2D eigenvalue weighted by atomic mass is 35.5. The first-order valence-corrected chi connectivity index (χ1v) is 12.0. The van der Waals surface area contributed by atoms with Crippen molar-refractivity contribution in [1.82, 2.24) is 14.9 Å². The first-order valence-electron chi connectivity index (χ1n) is 11.6. The molecule has 0 spiro atoms. The lowest BCUT2D eigenvalue weighted by Crippen LogP contribution is -2.42. The third kappa shape index (κ3) is 4.28. The summed E-state index contributed by atoms with van der Waals surface area (Å²) >= 11 is 6.32. The molecule has 0 radical (unpaired) electrons. The maximum absolute atomic E-state index is 13.2. The molecule has 32 heavy (non-hydrogen) atoms. The van der Waals surface area contributed by atoms with E-state index in [1.807, 2.05) is 17.0 Å². The first-order chi connectivity index (χ1) is 15.6. The van der Waals surface area contributed by atoms with Crippen molar-refractivity contribution in [2.75, 3.05) is 55.7 Å². The summed E-state index contributed by atoms with van der Waals surface area (Å²) in [6.45, 7) is 8.48. The molecule has 0 N–H and O–H groups in total. The predicted molar refractivity (Wildman–Crippen MR) is 126 cm³/mol. The predicted octanol–water partition coefficient (Wildman–Crippen LogP) is 3.40. The molecule has 5 rings (SSSR count). The molecule has 3 aliphatic heterocycles. The topological polar surface area (TPSA) is 61.8 Å². The smallest absolute Gasteiger partial charge is 0.255 e. The summed E-state index contributed by atoms with van der Waals surface area (Å²) in [6, 6.07) is 7.27. The number of piperidine rings is 1. The Morgan fingerprint density at radius 2 is 1.78 bits per heavy atom. The number of nitrogens with zero attached hydrogens (tertiary/aromatic N) is 5. The summed E-state index contributed by atoms with van der Waals surface area (Å²) in [5, 5.41) is 0.493. The zero-order chi connectivity index (χ0) is 22.1. The van der Waals surface area contributed by atoms with Gasteiger partial charge < -0.3 is 19.4 Å². The third-order valence-electron chi connectivity index (χ3n) is 6.80. The lowest BCUT2D eigenvalue weighted by atomic mass is 9.98. The second-order valence-electron chi connectivity index (χ2n) is 9.00. The highest BCUT2D eigenvalue weighted by Crippen LogP contribution is 2.32. The normalized spacial score (nSPS) is 19.8. The van der Waals surface area contributed by atoms with Crippen molar-refractivity contribution in [3.8, 4) is 0 Å². The maximum atomic E-state index is 13.2. The van der Waals surface area contributed by atoms with E-state index in [1.54, 1.807) is 12.1 Å². The number of carbonyl (C=O) groups is 1. The Bertz CT molecular complexity index is 986. The minimum absolute atomic E-state index is 0.0308. The fourth-order valence-electron chi connectivity index (χ4n) is 4.75. The van der Waals surface area contributed by atoms with E-state index >= 15 is 0 Å². The number of hydrogen-bond donors (Lipinski definition) is 0. The molecule has 2 aromatic rings. The van der Waals surface area contributed by atoms with Crippen LogP contribution in [-0.2, 0) is 17.7 Å². The molecular weight excluding hydrogens is 426 g/mol. The summed E-state index contributed by atoms with van der Waals surface area (Å²) in [5.74, 6) is 2.50. The van der Waals surface area contributed by atoms with Crippen LogP contribution in [0.5, 0.6) is 0 Å². The Hall–Kier alpha value is -2.38. The van der Waals surface area contributed by atoms with Crippen LogP contribution in [0.2, 0.25) is 5.02 Å². The standard InChI is InChI=1S/C24H30ClN5O2/c1-17-6-9-28(10-7-17)22-19-16-30(23(31)18-4-2-3-5-20(18)25)11-8-21(19)26-24(27-22)29-12-14-32-15-13-29/h2-5,17H,6-16H2,1H3. The molecule has 4 heterocycles. The summed E-state index contributed by atoms with van der Waals surface area (Å²) in [7, 11) is 0. The van der Waals surface area contributed by atoms with Gasteiger partial charge in [0.1, 0.15) is 5.82 Å². The van der Waals surface area contributed by atoms with Gasteiger partial charge in [0.2, 0.25) is 5.95 Å². The fraction of sp³-hybridized carbons (Fsp3) is 0.542. The molecule has 0 atom stereocenters. The largest absolute Gasteiger partial charge is 0.378 e. The van der Waals surface area contributed by atoms with Gasteiger partial charge in [0, 0.05) is 44.7 Å². The molecule has 2 fully saturated rings. The summed E-state index contributed by atoms with van der Waals surface area (Å²) < 4.78 is 5.52. The number of carbonyl (C=O) groups excluding carboxylic acids is 1. The van der Waals surface area contributed by atoms with Crippen molar-refractivity contribution >= 4 is 29.3 Å². The van der Waals surface area contributed by atoms with E-state index in [9.17, 15) is 4.79 Å². The summed E-state index contributed by atoms with van der Waals surface area (Å²) in [6.07, 6.45) is 3.05. The molecule has 2 saturated heterocycles. The molecule has 0 saturated carbocycles. The highest BCUT2D eigenvalue weighted by molar-refractivity contribution is 6.33. The van der Waals surface area contributed by atoms with E-state index in [0.29, 0.717) is 36.9 Å². The molecule has 1 amide bonds. The molecule has 7 nitrogen and oxygen atoms in total. The van der Waals surface area contributed by atoms with E-state index in [2.05, 4.69) is 16.7 Å². The van der Waals surface area contributed by atoms with Crippen molar-refractivity contribution in [2.45, 2.75) is 32.7 Å². The summed E-state index contributed by atoms with van der Waals surface area (Å²) in [4.78, 5) is 29.8. The lowest BCUT2D eigenvalue weighted by Gasteiger charge is -2.37. The quantitative estimate of drug-likeness (QED) is 0.706. The third-order valence-corrected chi connectivity index (χ3v) is 7.12. The molecule has 1 aromatic heterocycles. The van der Waals surface area contributed by atoms with Crippen LogP contribution in [0.15, 0.2) is 24.3 Å². The zero-order valence-electron chi connectivity index (χ0n) is 18.6. The average molecular weight is 456 g/mol. The lowest BCUT2D eigenvalue weighted by molar-refractivity contribution is 0.0733. The van der Waals surface area contributed by atoms with E-state index in [4.69, 9.17) is 26.3 Å². The summed E-state index contributed by atoms with van der Waals surface area (Å²) in [5.41, 5.74) is 2.71. The molecule has 0 bridgehead atoms. The fourth-order valence-corrected chi connectivity index (χ4v) is 4.97. The zero-order valence-corrected chi connectivity index (χ0v) is 19.4. The molecule has 8 heteroatoms. The van der Waals surface area contributed by atoms with E-state index < -0.39 is 0 Å². The minimum atomic E-state index is -0.0308. The van der Waals surface area contributed by atoms with Crippen molar-refractivity contribution in [3.05, 3.63) is 46.1 Å². The van der Waals surface area contributed by atoms with Gasteiger partial charge >= 0.3 is 0 Å². The van der Waals surface area contributed by atoms with Gasteiger partial charge in [-0.15, -0.1) is 0 Å². The van der Waals surface area contributed by atoms with E-state index in [-0.39, 0.29) is 5.91 Å². The Morgan fingerprint density at radius 1 is 1.03 bits per heavy atom. The Kier molecular flexibility index (Phi) is 6.20. The van der Waals surface area contributed by atoms with Crippen LogP contribution in [0.25, 0.3) is 0 Å². The molecule has 0 unspecified atom stereocenters. The molecule has 170 valence electrons. The van der Waals surface area contributed by atoms with E-state index in [1.165, 1.54) is 0 Å². The number of morpholine rings is 1. The van der Waals surface area contributed by atoms with Gasteiger partial charge in [0.15, 0.2) is 0 Å². The first kappa shape index (κ1) is 21.5. The van der Waals surface area contributed by atoms with Gasteiger partial charge in [-0.2, -0.15) is 4.98 Å². The Balaban J connectivity index is 1.48. The van der Waals surface area contributed by atoms with Gasteiger partial charge in [-0.25, -0.2) is 4.98 Å². The Labute approximate surface area is 194 Å². The minimum Gasteiger partial charge on any atom is -0.378 e. The average Bonchev–Trinajstić information content (AvgIpc) is 2.84. The number of halogens is 1. The van der Waals surface area contributed by atoms with Gasteiger partial charge in [-0.1, -0.05) is 30.7 Å². The molecular formula is C24H30ClN5O2. The number of aromatic nitrogens is 2. The van der Waals surface area contributed by atoms with Crippen LogP contribution < -0.4 is 9.80 Å². The van der Waals surface area contributed by atoms with Crippen molar-refractivity contribution in [1.29, 1.82) is 0 Å². The van der Waals surface area contributed by atoms with Gasteiger partial charge in [-0.05, 0) is 30.9 Å². The Morgan fingerprint density at radius 3 is 2.53 bits per heavy atom. The number of amides is 1. The monoisotopic (exact) mass is 455 g/mol. The molecule has 3 aliphatic rings. The van der Waals surface area contributed by atoms with Crippen LogP contribution in [0.4, 0.5) is 11.8 Å². The molecule has 1 aromatic carbocycles. The number of anilines is 2. The van der Waals surface area contributed by atoms with Crippen molar-refractivity contribution in [2.24, 2.45) is 5.92 Å². The van der Waals surface area contributed by atoms with Crippen LogP contribution >= 0.6 is 11.6 Å². The van der Waals surface area contributed by atoms with Crippen LogP contribution in [0.3, 0.4) is 0 Å². The SMILES string of the molecule is CC1CCN(c2nc(N3CCOCC3)nc3c2CN(C(=O)c2ccccc2Cl)CC3)CC1. The van der Waals surface area contributed by atoms with Crippen LogP contribution in [0, 0.1) is 5.92 Å². The second kappa shape index (κ2) is 9.24. The number of fused-ring (bicyclic) bond motifs is 1. The number of hydrogen-bond acceptors (Lipinski definition) is 6. The van der Waals surface area contributed by atoms with Crippen LogP contribution in [0.1, 0.15) is 41.4 Å². The van der Waals surface area contributed by atoms with E-state index in [0.717, 1.165) is 74.4 Å². The van der Waals surface area contributed by atoms with Crippen LogP contribution in [-0.4, -0.2) is 66.7 Å². The number of benzene rings is 1. The maximum Gasteiger partial charge on any atom is 0.255 e. The van der Waals surface area contributed by atoms with Gasteiger partial charge in [0.05, 0.1) is 36.0 Å². The number of ether oxygens (including phenoxy) is 1. The number of rotatable bonds is 3. The highest BCUT2D eigenvalue weighted by Gasteiger charge is 2.31. The van der Waals surface area contributed by atoms with Gasteiger partial charge in [-0.3, -0.25) is 4.79 Å². The molecule has 0 aliphatic carbocycles. The van der Waals surface area contributed by atoms with Crippen molar-refractivity contribution in [3.63, 3.8) is 0 Å².